The first-order chi connectivity index (χ1) is 8.14. The van der Waals surface area contributed by atoms with Crippen LogP contribution in [-0.4, -0.2) is 39.6 Å². The molecule has 0 aromatic heterocycles. The number of hydrogen-bond acceptors (Lipinski definition) is 2. The molecule has 0 aromatic rings. The lowest BCUT2D eigenvalue weighted by Crippen LogP contribution is -2.59. The molecular formula is C13H24N2O3. The molecule has 0 atom stereocenters. The molecule has 0 bridgehead atoms. The normalized spacial score (nSPS) is 17.8. The monoisotopic (exact) mass is 256 g/mol. The van der Waals surface area contributed by atoms with Crippen LogP contribution >= 0.6 is 0 Å². The van der Waals surface area contributed by atoms with E-state index >= 15 is 0 Å². The Morgan fingerprint density at radius 2 is 1.89 bits per heavy atom. The minimum absolute atomic E-state index is 0.0264. The summed E-state index contributed by atoms with van der Waals surface area (Å²) >= 11 is 0. The maximum atomic E-state index is 12.2. The second-order valence-corrected chi connectivity index (χ2v) is 6.31. The van der Waals surface area contributed by atoms with Gasteiger partial charge in [0.25, 0.3) is 0 Å². The van der Waals surface area contributed by atoms with E-state index in [4.69, 9.17) is 5.11 Å². The van der Waals surface area contributed by atoms with Crippen molar-refractivity contribution < 1.29 is 14.7 Å². The summed E-state index contributed by atoms with van der Waals surface area (Å²) in [7, 11) is 0. The van der Waals surface area contributed by atoms with Gasteiger partial charge in [-0.1, -0.05) is 0 Å². The van der Waals surface area contributed by atoms with E-state index < -0.39 is 5.97 Å². The van der Waals surface area contributed by atoms with Crippen molar-refractivity contribution >= 4 is 12.0 Å². The molecule has 1 rings (SSSR count). The Bertz CT molecular complexity index is 330. The van der Waals surface area contributed by atoms with E-state index in [0.717, 1.165) is 19.3 Å². The van der Waals surface area contributed by atoms with Crippen LogP contribution in [0.2, 0.25) is 0 Å². The fourth-order valence-electron chi connectivity index (χ4n) is 2.11. The lowest BCUT2D eigenvalue weighted by atomic mass is 9.79. The molecule has 2 N–H and O–H groups in total. The highest BCUT2D eigenvalue weighted by atomic mass is 16.4. The van der Waals surface area contributed by atoms with E-state index in [9.17, 15) is 9.59 Å². The molecule has 1 saturated carbocycles. The Kier molecular flexibility index (Phi) is 4.24. The van der Waals surface area contributed by atoms with E-state index in [2.05, 4.69) is 5.32 Å². The van der Waals surface area contributed by atoms with Gasteiger partial charge in [-0.25, -0.2) is 4.79 Å². The zero-order chi connectivity index (χ0) is 14.0. The van der Waals surface area contributed by atoms with Gasteiger partial charge in [0.15, 0.2) is 0 Å². The number of carbonyl (C=O) groups is 2. The van der Waals surface area contributed by atoms with Crippen molar-refractivity contribution in [3.63, 3.8) is 0 Å². The van der Waals surface area contributed by atoms with Crippen LogP contribution < -0.4 is 5.32 Å². The second-order valence-electron chi connectivity index (χ2n) is 6.31. The minimum Gasteiger partial charge on any atom is -0.481 e. The molecule has 0 saturated heterocycles. The smallest absolute Gasteiger partial charge is 0.318 e. The highest BCUT2D eigenvalue weighted by Crippen LogP contribution is 2.31. The average Bonchev–Trinajstić information content (AvgIpc) is 2.12. The molecule has 5 heteroatoms. The molecule has 1 fully saturated rings. The van der Waals surface area contributed by atoms with Gasteiger partial charge in [0.2, 0.25) is 0 Å². The summed E-state index contributed by atoms with van der Waals surface area (Å²) in [5.74, 6) is -0.882. The van der Waals surface area contributed by atoms with Gasteiger partial charge in [0.05, 0.1) is 6.42 Å². The lowest BCUT2D eigenvalue weighted by Gasteiger charge is -2.43. The van der Waals surface area contributed by atoms with Crippen LogP contribution in [0.4, 0.5) is 4.79 Å². The van der Waals surface area contributed by atoms with E-state index in [1.54, 1.807) is 4.90 Å². The van der Waals surface area contributed by atoms with Gasteiger partial charge in [0.1, 0.15) is 0 Å². The summed E-state index contributed by atoms with van der Waals surface area (Å²) in [6, 6.07) is -0.161. The van der Waals surface area contributed by atoms with Crippen molar-refractivity contribution in [1.29, 1.82) is 0 Å². The van der Waals surface area contributed by atoms with Crippen molar-refractivity contribution in [3.05, 3.63) is 0 Å². The Labute approximate surface area is 109 Å². The zero-order valence-electron chi connectivity index (χ0n) is 11.7. The molecule has 1 aliphatic carbocycles. The number of aliphatic carboxylic acids is 1. The van der Waals surface area contributed by atoms with Crippen LogP contribution in [0.3, 0.4) is 0 Å². The Hall–Kier alpha value is -1.26. The zero-order valence-corrected chi connectivity index (χ0v) is 11.7. The quantitative estimate of drug-likeness (QED) is 0.810. The summed E-state index contributed by atoms with van der Waals surface area (Å²) in [5, 5.41) is 11.8. The van der Waals surface area contributed by atoms with E-state index in [0.29, 0.717) is 0 Å². The Morgan fingerprint density at radius 3 is 2.22 bits per heavy atom. The maximum absolute atomic E-state index is 12.2. The van der Waals surface area contributed by atoms with Crippen molar-refractivity contribution in [2.45, 2.75) is 64.5 Å². The standard InChI is InChI=1S/C13H24N2O3/c1-12(2,3)15(9-6-10(16)17)11(18)14-13(4)7-5-8-13/h5-9H2,1-4H3,(H,14,18)(H,16,17). The molecule has 0 radical (unpaired) electrons. The number of nitrogens with zero attached hydrogens (tertiary/aromatic N) is 1. The van der Waals surface area contributed by atoms with Crippen LogP contribution in [0.1, 0.15) is 53.4 Å². The Morgan fingerprint density at radius 1 is 1.33 bits per heavy atom. The second kappa shape index (κ2) is 5.16. The van der Waals surface area contributed by atoms with Crippen molar-refractivity contribution in [2.24, 2.45) is 0 Å². The van der Waals surface area contributed by atoms with Gasteiger partial charge in [-0.3, -0.25) is 4.79 Å². The summed E-state index contributed by atoms with van der Waals surface area (Å²) in [6.07, 6.45) is 3.11. The largest absolute Gasteiger partial charge is 0.481 e. The van der Waals surface area contributed by atoms with Crippen LogP contribution in [0, 0.1) is 0 Å². The molecule has 104 valence electrons. The van der Waals surface area contributed by atoms with Crippen LogP contribution in [0.25, 0.3) is 0 Å². The number of urea groups is 1. The fraction of sp³-hybridized carbons (Fsp3) is 0.846. The predicted octanol–water partition coefficient (Wildman–Crippen LogP) is 2.21. The molecule has 0 unspecified atom stereocenters. The minimum atomic E-state index is -0.882. The van der Waals surface area contributed by atoms with Crippen LogP contribution in [0.15, 0.2) is 0 Å². The molecule has 1 aliphatic rings. The van der Waals surface area contributed by atoms with Gasteiger partial charge in [0, 0.05) is 17.6 Å². The molecule has 0 aromatic carbocycles. The summed E-state index contributed by atoms with van der Waals surface area (Å²) < 4.78 is 0. The summed E-state index contributed by atoms with van der Waals surface area (Å²) in [6.45, 7) is 8.01. The van der Waals surface area contributed by atoms with Gasteiger partial charge in [-0.15, -0.1) is 0 Å². The third kappa shape index (κ3) is 3.89. The lowest BCUT2D eigenvalue weighted by molar-refractivity contribution is -0.137. The van der Waals surface area contributed by atoms with Crippen LogP contribution in [-0.2, 0) is 4.79 Å². The first-order valence-corrected chi connectivity index (χ1v) is 6.46. The molecule has 2 amide bonds. The highest BCUT2D eigenvalue weighted by Gasteiger charge is 2.36. The molecule has 0 heterocycles. The number of carbonyl (C=O) groups excluding carboxylic acids is 1. The summed E-state index contributed by atoms with van der Waals surface area (Å²) in [4.78, 5) is 24.5. The van der Waals surface area contributed by atoms with Crippen molar-refractivity contribution in [2.75, 3.05) is 6.54 Å². The maximum Gasteiger partial charge on any atom is 0.318 e. The topological polar surface area (TPSA) is 69.6 Å². The number of hydrogen-bond donors (Lipinski definition) is 2. The molecule has 5 nitrogen and oxygen atoms in total. The highest BCUT2D eigenvalue weighted by molar-refractivity contribution is 5.77. The molecular weight excluding hydrogens is 232 g/mol. The summed E-state index contributed by atoms with van der Waals surface area (Å²) in [5.41, 5.74) is -0.483. The first-order valence-electron chi connectivity index (χ1n) is 6.46. The Balaban J connectivity index is 2.64. The van der Waals surface area contributed by atoms with Gasteiger partial charge >= 0.3 is 12.0 Å². The fourth-order valence-corrected chi connectivity index (χ4v) is 2.11. The molecule has 18 heavy (non-hydrogen) atoms. The third-order valence-electron chi connectivity index (χ3n) is 3.47. The number of amides is 2. The van der Waals surface area contributed by atoms with Gasteiger partial charge in [-0.05, 0) is 47.0 Å². The predicted molar refractivity (Wildman–Crippen MR) is 69.5 cm³/mol. The van der Waals surface area contributed by atoms with Crippen molar-refractivity contribution in [1.82, 2.24) is 10.2 Å². The van der Waals surface area contributed by atoms with Crippen LogP contribution in [0.5, 0.6) is 0 Å². The van der Waals surface area contributed by atoms with Gasteiger partial charge < -0.3 is 15.3 Å². The average molecular weight is 256 g/mol. The molecule has 0 aliphatic heterocycles. The first kappa shape index (κ1) is 14.8. The number of carboxylic acid groups (broad SMARTS) is 1. The SMILES string of the molecule is CC1(NC(=O)N(CCC(=O)O)C(C)(C)C)CCC1. The number of rotatable bonds is 4. The number of carboxylic acids is 1. The number of nitrogens with one attached hydrogen (secondary N) is 1. The van der Waals surface area contributed by atoms with E-state index in [1.807, 2.05) is 27.7 Å². The van der Waals surface area contributed by atoms with Crippen molar-refractivity contribution in [3.8, 4) is 0 Å². The van der Waals surface area contributed by atoms with Gasteiger partial charge in [-0.2, -0.15) is 0 Å². The van der Waals surface area contributed by atoms with E-state index in [1.165, 1.54) is 0 Å². The molecule has 0 spiro atoms. The third-order valence-corrected chi connectivity index (χ3v) is 3.47. The van der Waals surface area contributed by atoms with E-state index in [-0.39, 0.29) is 30.1 Å².